The summed E-state index contributed by atoms with van der Waals surface area (Å²) in [4.78, 5) is 27.4. The fourth-order valence-electron chi connectivity index (χ4n) is 3.50. The highest BCUT2D eigenvalue weighted by atomic mass is 16.2. The summed E-state index contributed by atoms with van der Waals surface area (Å²) in [6, 6.07) is 9.64. The molecule has 23 heavy (non-hydrogen) atoms. The number of Topliss-reactive ketones (excluding diaryl/α,β-unsaturated/α-hetero) is 1. The van der Waals surface area contributed by atoms with Gasteiger partial charge in [0.25, 0.3) is 5.91 Å². The van der Waals surface area contributed by atoms with Gasteiger partial charge in [0.15, 0.2) is 5.78 Å². The third-order valence-corrected chi connectivity index (χ3v) is 4.83. The summed E-state index contributed by atoms with van der Waals surface area (Å²) in [7, 11) is 1.92. The molecule has 0 N–H and O–H groups in total. The van der Waals surface area contributed by atoms with Crippen molar-refractivity contribution in [2.45, 2.75) is 39.2 Å². The quantitative estimate of drug-likeness (QED) is 0.871. The molecule has 2 heterocycles. The zero-order valence-electron chi connectivity index (χ0n) is 14.1. The Morgan fingerprint density at radius 3 is 2.61 bits per heavy atom. The van der Waals surface area contributed by atoms with Crippen molar-refractivity contribution in [1.82, 2.24) is 9.47 Å². The molecule has 1 amide bonds. The van der Waals surface area contributed by atoms with Crippen molar-refractivity contribution < 1.29 is 9.59 Å². The Labute approximate surface area is 137 Å². The van der Waals surface area contributed by atoms with Gasteiger partial charge in [0.05, 0.1) is 6.04 Å². The SMILES string of the molecule is CC(C)C(=O)[C@@H]1CCCCN1C(=O)c1cc2ccccc2n1C. The van der Waals surface area contributed by atoms with Crippen LogP contribution in [0.25, 0.3) is 10.9 Å². The standard InChI is InChI=1S/C19H24N2O2/c1-13(2)18(22)16-10-6-7-11-21(16)19(23)17-12-14-8-4-5-9-15(14)20(17)3/h4-5,8-9,12-13,16H,6-7,10-11H2,1-3H3/t16-/m0/s1. The average Bonchev–Trinajstić information content (AvgIpc) is 2.91. The smallest absolute Gasteiger partial charge is 0.271 e. The summed E-state index contributed by atoms with van der Waals surface area (Å²) in [5.41, 5.74) is 1.70. The first-order valence-electron chi connectivity index (χ1n) is 8.40. The number of hydrogen-bond acceptors (Lipinski definition) is 2. The van der Waals surface area contributed by atoms with E-state index in [1.165, 1.54) is 0 Å². The lowest BCUT2D eigenvalue weighted by Gasteiger charge is -2.35. The van der Waals surface area contributed by atoms with Gasteiger partial charge in [-0.25, -0.2) is 0 Å². The van der Waals surface area contributed by atoms with Crippen LogP contribution in [0, 0.1) is 5.92 Å². The Bertz CT molecular complexity index is 745. The Balaban J connectivity index is 1.96. The van der Waals surface area contributed by atoms with Crippen LogP contribution in [0.2, 0.25) is 0 Å². The number of likely N-dealkylation sites (tertiary alicyclic amines) is 1. The van der Waals surface area contributed by atoms with Crippen LogP contribution in [0.15, 0.2) is 30.3 Å². The van der Waals surface area contributed by atoms with Crippen molar-refractivity contribution in [2.24, 2.45) is 13.0 Å². The number of ketones is 1. The third kappa shape index (κ3) is 2.78. The topological polar surface area (TPSA) is 42.3 Å². The predicted octanol–water partition coefficient (Wildman–Crippen LogP) is 3.40. The molecule has 0 spiro atoms. The number of carbonyl (C=O) groups excluding carboxylic acids is 2. The van der Waals surface area contributed by atoms with Crippen molar-refractivity contribution in [3.8, 4) is 0 Å². The minimum absolute atomic E-state index is 0.0256. The van der Waals surface area contributed by atoms with Crippen LogP contribution in [0.1, 0.15) is 43.6 Å². The molecule has 0 bridgehead atoms. The van der Waals surface area contributed by atoms with Gasteiger partial charge in [-0.05, 0) is 31.4 Å². The lowest BCUT2D eigenvalue weighted by molar-refractivity contribution is -0.127. The highest BCUT2D eigenvalue weighted by Crippen LogP contribution is 2.25. The molecule has 1 aromatic carbocycles. The van der Waals surface area contributed by atoms with E-state index in [0.29, 0.717) is 12.2 Å². The Kier molecular flexibility index (Phi) is 4.24. The minimum atomic E-state index is -0.269. The van der Waals surface area contributed by atoms with Crippen molar-refractivity contribution in [2.75, 3.05) is 6.54 Å². The number of hydrogen-bond donors (Lipinski definition) is 0. The molecular weight excluding hydrogens is 288 g/mol. The van der Waals surface area contributed by atoms with Gasteiger partial charge in [-0.2, -0.15) is 0 Å². The van der Waals surface area contributed by atoms with E-state index in [2.05, 4.69) is 0 Å². The van der Waals surface area contributed by atoms with Crippen molar-refractivity contribution in [3.05, 3.63) is 36.0 Å². The van der Waals surface area contributed by atoms with E-state index in [9.17, 15) is 9.59 Å². The molecule has 1 fully saturated rings. The van der Waals surface area contributed by atoms with Gasteiger partial charge in [0, 0.05) is 30.4 Å². The van der Waals surface area contributed by atoms with Gasteiger partial charge in [-0.15, -0.1) is 0 Å². The maximum Gasteiger partial charge on any atom is 0.271 e. The van der Waals surface area contributed by atoms with Gasteiger partial charge >= 0.3 is 0 Å². The number of benzene rings is 1. The van der Waals surface area contributed by atoms with Crippen LogP contribution in [-0.2, 0) is 11.8 Å². The first-order valence-corrected chi connectivity index (χ1v) is 8.40. The number of nitrogens with zero attached hydrogens (tertiary/aromatic N) is 2. The summed E-state index contributed by atoms with van der Waals surface area (Å²) < 4.78 is 1.93. The first-order chi connectivity index (χ1) is 11.0. The molecule has 122 valence electrons. The van der Waals surface area contributed by atoms with Gasteiger partial charge < -0.3 is 9.47 Å². The number of amides is 1. The Hall–Kier alpha value is -2.10. The molecular formula is C19H24N2O2. The summed E-state index contributed by atoms with van der Waals surface area (Å²) in [6.45, 7) is 4.50. The first kappa shape index (κ1) is 15.8. The predicted molar refractivity (Wildman–Crippen MR) is 91.4 cm³/mol. The lowest BCUT2D eigenvalue weighted by Crippen LogP contribution is -2.49. The molecule has 0 aliphatic carbocycles. The minimum Gasteiger partial charge on any atom is -0.340 e. The van der Waals surface area contributed by atoms with Crippen LogP contribution in [0.5, 0.6) is 0 Å². The van der Waals surface area contributed by atoms with Crippen LogP contribution in [-0.4, -0.2) is 33.7 Å². The van der Waals surface area contributed by atoms with E-state index in [1.807, 2.05) is 55.8 Å². The van der Waals surface area contributed by atoms with Crippen LogP contribution in [0.3, 0.4) is 0 Å². The van der Waals surface area contributed by atoms with E-state index in [0.717, 1.165) is 30.2 Å². The molecule has 1 atom stereocenters. The van der Waals surface area contributed by atoms with E-state index >= 15 is 0 Å². The second-order valence-electron chi connectivity index (χ2n) is 6.71. The number of piperidine rings is 1. The largest absolute Gasteiger partial charge is 0.340 e. The van der Waals surface area contributed by atoms with Crippen molar-refractivity contribution >= 4 is 22.6 Å². The number of carbonyl (C=O) groups is 2. The second-order valence-corrected chi connectivity index (χ2v) is 6.71. The molecule has 4 heteroatoms. The molecule has 0 unspecified atom stereocenters. The normalized spacial score (nSPS) is 18.6. The van der Waals surface area contributed by atoms with Gasteiger partial charge in [0.2, 0.25) is 0 Å². The van der Waals surface area contributed by atoms with E-state index in [1.54, 1.807) is 4.90 Å². The molecule has 4 nitrogen and oxygen atoms in total. The molecule has 0 saturated carbocycles. The number of para-hydroxylation sites is 1. The third-order valence-electron chi connectivity index (χ3n) is 4.83. The Morgan fingerprint density at radius 1 is 1.17 bits per heavy atom. The summed E-state index contributed by atoms with van der Waals surface area (Å²) in [6.07, 6.45) is 2.77. The van der Waals surface area contributed by atoms with Crippen LogP contribution >= 0.6 is 0 Å². The van der Waals surface area contributed by atoms with Gasteiger partial charge in [-0.3, -0.25) is 9.59 Å². The van der Waals surface area contributed by atoms with E-state index < -0.39 is 0 Å². The molecule has 1 aliphatic rings. The Morgan fingerprint density at radius 2 is 1.91 bits per heavy atom. The molecule has 1 aromatic heterocycles. The summed E-state index contributed by atoms with van der Waals surface area (Å²) in [5.74, 6) is 0.111. The van der Waals surface area contributed by atoms with E-state index in [-0.39, 0.29) is 23.7 Å². The highest BCUT2D eigenvalue weighted by Gasteiger charge is 2.34. The van der Waals surface area contributed by atoms with Crippen LogP contribution < -0.4 is 0 Å². The fraction of sp³-hybridized carbons (Fsp3) is 0.474. The monoisotopic (exact) mass is 312 g/mol. The highest BCUT2D eigenvalue weighted by molar-refractivity contribution is 6.01. The van der Waals surface area contributed by atoms with Crippen LogP contribution in [0.4, 0.5) is 0 Å². The van der Waals surface area contributed by atoms with Crippen molar-refractivity contribution in [3.63, 3.8) is 0 Å². The zero-order chi connectivity index (χ0) is 16.6. The molecule has 0 radical (unpaired) electrons. The summed E-state index contributed by atoms with van der Waals surface area (Å²) >= 11 is 0. The number of rotatable bonds is 3. The van der Waals surface area contributed by atoms with Gasteiger partial charge in [0.1, 0.15) is 5.69 Å². The van der Waals surface area contributed by atoms with E-state index in [4.69, 9.17) is 0 Å². The fourth-order valence-corrected chi connectivity index (χ4v) is 3.50. The molecule has 2 aromatic rings. The molecule has 3 rings (SSSR count). The number of aryl methyl sites for hydroxylation is 1. The zero-order valence-corrected chi connectivity index (χ0v) is 14.1. The maximum absolute atomic E-state index is 13.1. The lowest BCUT2D eigenvalue weighted by atomic mass is 9.92. The maximum atomic E-state index is 13.1. The second kappa shape index (κ2) is 6.19. The number of aromatic nitrogens is 1. The number of fused-ring (bicyclic) bond motifs is 1. The molecule has 1 aliphatic heterocycles. The van der Waals surface area contributed by atoms with Crippen molar-refractivity contribution in [1.29, 1.82) is 0 Å². The average molecular weight is 312 g/mol. The van der Waals surface area contributed by atoms with Gasteiger partial charge in [-0.1, -0.05) is 32.0 Å². The molecule has 1 saturated heterocycles. The summed E-state index contributed by atoms with van der Waals surface area (Å²) in [5, 5.41) is 1.06.